The Morgan fingerprint density at radius 1 is 1.38 bits per heavy atom. The predicted molar refractivity (Wildman–Crippen MR) is 68.1 cm³/mol. The zero-order valence-electron chi connectivity index (χ0n) is 9.40. The van der Waals surface area contributed by atoms with Gasteiger partial charge in [0.2, 0.25) is 10.0 Å². The number of rotatable bonds is 8. The SMILES string of the molecule is CCCNCCS(=O)(=O)NCc1ccsc1. The van der Waals surface area contributed by atoms with Crippen molar-refractivity contribution in [2.75, 3.05) is 18.8 Å². The Morgan fingerprint density at radius 3 is 2.81 bits per heavy atom. The third-order valence-corrected chi connectivity index (χ3v) is 4.11. The van der Waals surface area contributed by atoms with Gasteiger partial charge >= 0.3 is 0 Å². The Bertz CT molecular complexity index is 374. The molecule has 16 heavy (non-hydrogen) atoms. The Balaban J connectivity index is 2.23. The molecule has 4 nitrogen and oxygen atoms in total. The van der Waals surface area contributed by atoms with Crippen LogP contribution in [0, 0.1) is 0 Å². The van der Waals surface area contributed by atoms with Crippen LogP contribution < -0.4 is 10.0 Å². The summed E-state index contributed by atoms with van der Waals surface area (Å²) in [6.07, 6.45) is 1.02. The highest BCUT2D eigenvalue weighted by molar-refractivity contribution is 7.89. The van der Waals surface area contributed by atoms with Gasteiger partial charge in [-0.2, -0.15) is 11.3 Å². The second-order valence-corrected chi connectivity index (χ2v) is 6.23. The highest BCUT2D eigenvalue weighted by Gasteiger charge is 2.08. The molecule has 0 amide bonds. The topological polar surface area (TPSA) is 58.2 Å². The van der Waals surface area contributed by atoms with Gasteiger partial charge in [0.05, 0.1) is 5.75 Å². The van der Waals surface area contributed by atoms with E-state index in [1.54, 1.807) is 11.3 Å². The van der Waals surface area contributed by atoms with Crippen LogP contribution >= 0.6 is 11.3 Å². The molecule has 0 bridgehead atoms. The normalized spacial score (nSPS) is 11.8. The van der Waals surface area contributed by atoms with Gasteiger partial charge in [-0.05, 0) is 35.4 Å². The molecule has 92 valence electrons. The second-order valence-electron chi connectivity index (χ2n) is 3.52. The minimum absolute atomic E-state index is 0.136. The lowest BCUT2D eigenvalue weighted by Crippen LogP contribution is -2.31. The van der Waals surface area contributed by atoms with E-state index in [2.05, 4.69) is 17.0 Å². The number of hydrogen-bond acceptors (Lipinski definition) is 4. The van der Waals surface area contributed by atoms with Crippen molar-refractivity contribution in [3.63, 3.8) is 0 Å². The summed E-state index contributed by atoms with van der Waals surface area (Å²) in [7, 11) is -3.15. The van der Waals surface area contributed by atoms with Gasteiger partial charge in [-0.15, -0.1) is 0 Å². The molecule has 0 spiro atoms. The average molecular weight is 262 g/mol. The maximum Gasteiger partial charge on any atom is 0.213 e. The van der Waals surface area contributed by atoms with E-state index in [0.29, 0.717) is 13.1 Å². The van der Waals surface area contributed by atoms with Crippen molar-refractivity contribution in [2.45, 2.75) is 19.9 Å². The van der Waals surface area contributed by atoms with Crippen molar-refractivity contribution >= 4 is 21.4 Å². The van der Waals surface area contributed by atoms with Gasteiger partial charge in [0, 0.05) is 13.1 Å². The zero-order chi connectivity index (χ0) is 11.9. The fourth-order valence-corrected chi connectivity index (χ4v) is 2.78. The molecule has 1 rings (SSSR count). The molecular weight excluding hydrogens is 244 g/mol. The molecule has 0 aliphatic heterocycles. The lowest BCUT2D eigenvalue weighted by molar-refractivity contribution is 0.576. The lowest BCUT2D eigenvalue weighted by Gasteiger charge is -2.06. The molecule has 1 aromatic heterocycles. The number of nitrogens with one attached hydrogen (secondary N) is 2. The van der Waals surface area contributed by atoms with Crippen LogP contribution in [0.4, 0.5) is 0 Å². The number of hydrogen-bond donors (Lipinski definition) is 2. The van der Waals surface area contributed by atoms with Crippen LogP contribution in [0.25, 0.3) is 0 Å². The molecule has 2 N–H and O–H groups in total. The molecule has 0 fully saturated rings. The van der Waals surface area contributed by atoms with E-state index in [9.17, 15) is 8.42 Å². The van der Waals surface area contributed by atoms with Gasteiger partial charge in [-0.3, -0.25) is 0 Å². The van der Waals surface area contributed by atoms with Crippen LogP contribution in [-0.2, 0) is 16.6 Å². The fraction of sp³-hybridized carbons (Fsp3) is 0.600. The van der Waals surface area contributed by atoms with Crippen LogP contribution in [0.5, 0.6) is 0 Å². The zero-order valence-corrected chi connectivity index (χ0v) is 11.0. The maximum absolute atomic E-state index is 11.5. The maximum atomic E-state index is 11.5. The van der Waals surface area contributed by atoms with E-state index in [4.69, 9.17) is 0 Å². The third-order valence-electron chi connectivity index (χ3n) is 2.05. The van der Waals surface area contributed by atoms with Gasteiger partial charge < -0.3 is 5.32 Å². The fourth-order valence-electron chi connectivity index (χ4n) is 1.17. The predicted octanol–water partition coefficient (Wildman–Crippen LogP) is 1.17. The number of thiophene rings is 1. The summed E-state index contributed by atoms with van der Waals surface area (Å²) >= 11 is 1.57. The average Bonchev–Trinajstić information content (AvgIpc) is 2.75. The van der Waals surface area contributed by atoms with Crippen LogP contribution in [0.15, 0.2) is 16.8 Å². The minimum Gasteiger partial charge on any atom is -0.316 e. The van der Waals surface area contributed by atoms with Crippen LogP contribution in [0.2, 0.25) is 0 Å². The summed E-state index contributed by atoms with van der Waals surface area (Å²) in [5, 5.41) is 6.95. The van der Waals surface area contributed by atoms with Crippen molar-refractivity contribution in [3.8, 4) is 0 Å². The van der Waals surface area contributed by atoms with E-state index < -0.39 is 10.0 Å². The third kappa shape index (κ3) is 5.60. The standard InChI is InChI=1S/C10H18N2O2S2/c1-2-4-11-5-7-16(13,14)12-8-10-3-6-15-9-10/h3,6,9,11-12H,2,4-5,7-8H2,1H3. The largest absolute Gasteiger partial charge is 0.316 e. The lowest BCUT2D eigenvalue weighted by atomic mass is 10.4. The first kappa shape index (κ1) is 13.6. The monoisotopic (exact) mass is 262 g/mol. The molecule has 1 heterocycles. The number of sulfonamides is 1. The van der Waals surface area contributed by atoms with Crippen LogP contribution in [-0.4, -0.2) is 27.3 Å². The van der Waals surface area contributed by atoms with Crippen molar-refractivity contribution in [1.29, 1.82) is 0 Å². The Hall–Kier alpha value is -0.430. The van der Waals surface area contributed by atoms with Gasteiger partial charge in [0.1, 0.15) is 0 Å². The smallest absolute Gasteiger partial charge is 0.213 e. The summed E-state index contributed by atoms with van der Waals surface area (Å²) in [6, 6.07) is 1.92. The van der Waals surface area contributed by atoms with E-state index in [1.807, 2.05) is 16.8 Å². The molecule has 1 aromatic rings. The van der Waals surface area contributed by atoms with Gasteiger partial charge in [0.25, 0.3) is 0 Å². The van der Waals surface area contributed by atoms with E-state index in [0.717, 1.165) is 18.5 Å². The summed E-state index contributed by atoms with van der Waals surface area (Å²) in [5.41, 5.74) is 1.01. The molecular formula is C10H18N2O2S2. The summed E-state index contributed by atoms with van der Waals surface area (Å²) in [4.78, 5) is 0. The van der Waals surface area contributed by atoms with Gasteiger partial charge in [0.15, 0.2) is 0 Å². The molecule has 0 radical (unpaired) electrons. The van der Waals surface area contributed by atoms with Gasteiger partial charge in [-0.1, -0.05) is 6.92 Å². The molecule has 0 saturated carbocycles. The molecule has 6 heteroatoms. The summed E-state index contributed by atoms with van der Waals surface area (Å²) < 4.78 is 25.7. The molecule has 0 atom stereocenters. The Labute approximate surface area is 101 Å². The van der Waals surface area contributed by atoms with Gasteiger partial charge in [-0.25, -0.2) is 13.1 Å². The van der Waals surface area contributed by atoms with Crippen LogP contribution in [0.1, 0.15) is 18.9 Å². The van der Waals surface area contributed by atoms with Crippen molar-refractivity contribution in [3.05, 3.63) is 22.4 Å². The second kappa shape index (κ2) is 7.01. The molecule has 0 aliphatic carbocycles. The first-order valence-corrected chi connectivity index (χ1v) is 7.92. The first-order valence-electron chi connectivity index (χ1n) is 5.33. The van der Waals surface area contributed by atoms with E-state index in [1.165, 1.54) is 0 Å². The summed E-state index contributed by atoms with van der Waals surface area (Å²) in [6.45, 7) is 3.81. The minimum atomic E-state index is -3.15. The highest BCUT2D eigenvalue weighted by Crippen LogP contribution is 2.05. The van der Waals surface area contributed by atoms with Crippen molar-refractivity contribution in [1.82, 2.24) is 10.0 Å². The molecule has 0 saturated heterocycles. The Morgan fingerprint density at radius 2 is 2.19 bits per heavy atom. The summed E-state index contributed by atoms with van der Waals surface area (Å²) in [5.74, 6) is 0.136. The van der Waals surface area contributed by atoms with Crippen LogP contribution in [0.3, 0.4) is 0 Å². The van der Waals surface area contributed by atoms with E-state index in [-0.39, 0.29) is 5.75 Å². The van der Waals surface area contributed by atoms with Crippen molar-refractivity contribution in [2.24, 2.45) is 0 Å². The van der Waals surface area contributed by atoms with Crippen molar-refractivity contribution < 1.29 is 8.42 Å². The van der Waals surface area contributed by atoms with E-state index >= 15 is 0 Å². The first-order chi connectivity index (χ1) is 7.64. The molecule has 0 aliphatic rings. The highest BCUT2D eigenvalue weighted by atomic mass is 32.2. The molecule has 0 aromatic carbocycles. The quantitative estimate of drug-likeness (QED) is 0.691. The molecule has 0 unspecified atom stereocenters. The Kier molecular flexibility index (Phi) is 5.97.